The Hall–Kier alpha value is -1.49. The van der Waals surface area contributed by atoms with E-state index in [9.17, 15) is 5.21 Å². The molecule has 88 valence electrons. The van der Waals surface area contributed by atoms with E-state index >= 15 is 0 Å². The number of rotatable bonds is 2. The molecule has 1 aromatic heterocycles. The molecule has 0 atom stereocenters. The molecule has 0 unspecified atom stereocenters. The average Bonchev–Trinajstić information content (AvgIpc) is 2.33. The monoisotopic (exact) mass is 223 g/mol. The van der Waals surface area contributed by atoms with Crippen LogP contribution in [0.4, 0.5) is 11.5 Å². The summed E-state index contributed by atoms with van der Waals surface area (Å²) in [4.78, 5) is 2.19. The summed E-state index contributed by atoms with van der Waals surface area (Å²) in [6.07, 6.45) is 0.686. The smallest absolute Gasteiger partial charge is 0.277 e. The largest absolute Gasteiger partial charge is 0.710 e. The molecule has 0 aliphatic carbocycles. The second-order valence-electron chi connectivity index (χ2n) is 3.88. The molecule has 0 aromatic carbocycles. The third-order valence-electron chi connectivity index (χ3n) is 2.84. The van der Waals surface area contributed by atoms with Gasteiger partial charge in [-0.1, -0.05) is 6.92 Å². The average molecular weight is 223 g/mol. The summed E-state index contributed by atoms with van der Waals surface area (Å²) in [5.41, 5.74) is 7.42. The Morgan fingerprint density at radius 3 is 2.75 bits per heavy atom. The van der Waals surface area contributed by atoms with E-state index in [1.807, 2.05) is 13.0 Å². The van der Waals surface area contributed by atoms with Crippen LogP contribution in [0.5, 0.6) is 0 Å². The number of nitrogens with two attached hydrogens (primary N) is 1. The van der Waals surface area contributed by atoms with Gasteiger partial charge in [0.05, 0.1) is 19.3 Å². The zero-order valence-corrected chi connectivity index (χ0v) is 9.48. The maximum Gasteiger partial charge on any atom is 0.277 e. The molecule has 2 heterocycles. The van der Waals surface area contributed by atoms with Gasteiger partial charge in [-0.05, 0) is 0 Å². The number of nitrogen functional groups attached to an aromatic ring is 1. The SMILES string of the molecule is CCc1cc(N2CCOCC2)cc(N)[n+]1[O-]. The lowest BCUT2D eigenvalue weighted by Gasteiger charge is -2.29. The Morgan fingerprint density at radius 2 is 2.12 bits per heavy atom. The molecular formula is C11H17N3O2. The Labute approximate surface area is 95.0 Å². The van der Waals surface area contributed by atoms with Gasteiger partial charge in [0, 0.05) is 31.3 Å². The molecule has 16 heavy (non-hydrogen) atoms. The summed E-state index contributed by atoms with van der Waals surface area (Å²) in [7, 11) is 0. The number of aryl methyl sites for hydroxylation is 1. The number of hydrogen-bond acceptors (Lipinski definition) is 4. The van der Waals surface area contributed by atoms with E-state index in [2.05, 4.69) is 4.90 Å². The number of nitrogens with zero attached hydrogens (tertiary/aromatic N) is 2. The van der Waals surface area contributed by atoms with Crippen molar-refractivity contribution in [3.63, 3.8) is 0 Å². The van der Waals surface area contributed by atoms with Gasteiger partial charge in [0.15, 0.2) is 0 Å². The molecule has 5 nitrogen and oxygen atoms in total. The van der Waals surface area contributed by atoms with Crippen LogP contribution < -0.4 is 15.4 Å². The first kappa shape index (κ1) is 11.0. The van der Waals surface area contributed by atoms with Crippen LogP contribution in [0, 0.1) is 5.21 Å². The van der Waals surface area contributed by atoms with E-state index in [1.54, 1.807) is 6.07 Å². The van der Waals surface area contributed by atoms with Gasteiger partial charge in [0.2, 0.25) is 0 Å². The molecule has 1 fully saturated rings. The van der Waals surface area contributed by atoms with Gasteiger partial charge in [-0.3, -0.25) is 5.73 Å². The minimum atomic E-state index is 0.265. The molecule has 1 aromatic rings. The molecule has 0 radical (unpaired) electrons. The maximum atomic E-state index is 11.6. The number of aromatic nitrogens is 1. The predicted octanol–water partition coefficient (Wildman–Crippen LogP) is 0.301. The van der Waals surface area contributed by atoms with Crippen LogP contribution in [0.2, 0.25) is 0 Å². The molecule has 0 amide bonds. The molecule has 5 heteroatoms. The first-order chi connectivity index (χ1) is 7.72. The highest BCUT2D eigenvalue weighted by Crippen LogP contribution is 2.18. The fourth-order valence-electron chi connectivity index (χ4n) is 1.90. The van der Waals surface area contributed by atoms with Crippen molar-refractivity contribution in [2.75, 3.05) is 36.9 Å². The lowest BCUT2D eigenvalue weighted by Crippen LogP contribution is -2.39. The molecule has 1 aliphatic rings. The van der Waals surface area contributed by atoms with E-state index in [0.717, 1.165) is 36.7 Å². The normalized spacial score (nSPS) is 16.4. The first-order valence-electron chi connectivity index (χ1n) is 5.57. The minimum Gasteiger partial charge on any atom is -0.710 e. The number of hydrogen-bond donors (Lipinski definition) is 1. The topological polar surface area (TPSA) is 65.4 Å². The van der Waals surface area contributed by atoms with Crippen LogP contribution in [0.1, 0.15) is 12.6 Å². The van der Waals surface area contributed by atoms with Crippen molar-refractivity contribution in [1.82, 2.24) is 0 Å². The van der Waals surface area contributed by atoms with Crippen LogP contribution in [0.25, 0.3) is 0 Å². The van der Waals surface area contributed by atoms with Crippen molar-refractivity contribution >= 4 is 11.5 Å². The minimum absolute atomic E-state index is 0.265. The van der Waals surface area contributed by atoms with Gasteiger partial charge in [-0.25, -0.2) is 4.73 Å². The fourth-order valence-corrected chi connectivity index (χ4v) is 1.90. The van der Waals surface area contributed by atoms with Gasteiger partial charge in [-0.2, -0.15) is 0 Å². The van der Waals surface area contributed by atoms with Crippen LogP contribution in [-0.4, -0.2) is 26.3 Å². The van der Waals surface area contributed by atoms with E-state index in [0.29, 0.717) is 12.1 Å². The summed E-state index contributed by atoms with van der Waals surface area (Å²) in [6.45, 7) is 5.12. The molecular weight excluding hydrogens is 206 g/mol. The third kappa shape index (κ3) is 2.04. The van der Waals surface area contributed by atoms with Crippen molar-refractivity contribution in [3.05, 3.63) is 23.0 Å². The van der Waals surface area contributed by atoms with Gasteiger partial charge in [-0.15, -0.1) is 0 Å². The molecule has 2 rings (SSSR count). The maximum absolute atomic E-state index is 11.6. The highest BCUT2D eigenvalue weighted by atomic mass is 16.5. The van der Waals surface area contributed by atoms with E-state index in [1.165, 1.54) is 0 Å². The fraction of sp³-hybridized carbons (Fsp3) is 0.545. The number of ether oxygens (including phenoxy) is 1. The number of anilines is 2. The lowest BCUT2D eigenvalue weighted by molar-refractivity contribution is -0.598. The predicted molar refractivity (Wildman–Crippen MR) is 62.2 cm³/mol. The standard InChI is InChI=1S/C11H17N3O2/c1-2-9-7-10(8-11(12)14(9)15)13-3-5-16-6-4-13/h7-8H,2-6,12H2,1H3. The molecule has 0 spiro atoms. The van der Waals surface area contributed by atoms with Crippen molar-refractivity contribution in [2.45, 2.75) is 13.3 Å². The molecule has 0 saturated carbocycles. The quantitative estimate of drug-likeness (QED) is 0.578. The van der Waals surface area contributed by atoms with Crippen molar-refractivity contribution in [3.8, 4) is 0 Å². The molecule has 1 saturated heterocycles. The first-order valence-corrected chi connectivity index (χ1v) is 5.57. The summed E-state index contributed by atoms with van der Waals surface area (Å²) in [5.74, 6) is 0.265. The number of morpholine rings is 1. The summed E-state index contributed by atoms with van der Waals surface area (Å²) < 4.78 is 6.09. The summed E-state index contributed by atoms with van der Waals surface area (Å²) in [6, 6.07) is 3.64. The highest BCUT2D eigenvalue weighted by Gasteiger charge is 2.15. The molecule has 0 bridgehead atoms. The highest BCUT2D eigenvalue weighted by molar-refractivity contribution is 5.51. The number of pyridine rings is 1. The van der Waals surface area contributed by atoms with Gasteiger partial charge in [0.1, 0.15) is 5.69 Å². The Morgan fingerprint density at radius 1 is 1.44 bits per heavy atom. The summed E-state index contributed by atoms with van der Waals surface area (Å²) in [5, 5.41) is 11.6. The second-order valence-corrected chi connectivity index (χ2v) is 3.88. The summed E-state index contributed by atoms with van der Waals surface area (Å²) >= 11 is 0. The van der Waals surface area contributed by atoms with Crippen LogP contribution >= 0.6 is 0 Å². The van der Waals surface area contributed by atoms with Crippen LogP contribution in [0.15, 0.2) is 12.1 Å². The molecule has 1 aliphatic heterocycles. The van der Waals surface area contributed by atoms with E-state index in [-0.39, 0.29) is 5.82 Å². The van der Waals surface area contributed by atoms with Gasteiger partial charge < -0.3 is 14.8 Å². The van der Waals surface area contributed by atoms with Crippen LogP contribution in [-0.2, 0) is 11.2 Å². The zero-order valence-electron chi connectivity index (χ0n) is 9.48. The van der Waals surface area contributed by atoms with Crippen LogP contribution in [0.3, 0.4) is 0 Å². The van der Waals surface area contributed by atoms with Crippen molar-refractivity contribution in [2.24, 2.45) is 0 Å². The zero-order chi connectivity index (χ0) is 11.5. The Bertz CT molecular complexity index is 376. The van der Waals surface area contributed by atoms with Gasteiger partial charge in [0.25, 0.3) is 5.82 Å². The lowest BCUT2D eigenvalue weighted by atomic mass is 10.2. The third-order valence-corrected chi connectivity index (χ3v) is 2.84. The molecule has 2 N–H and O–H groups in total. The van der Waals surface area contributed by atoms with E-state index < -0.39 is 0 Å². The Balaban J connectivity index is 2.29. The van der Waals surface area contributed by atoms with Gasteiger partial charge >= 0.3 is 0 Å². The Kier molecular flexibility index (Phi) is 3.14. The van der Waals surface area contributed by atoms with E-state index in [4.69, 9.17) is 10.5 Å². The second kappa shape index (κ2) is 4.57. The van der Waals surface area contributed by atoms with Crippen molar-refractivity contribution in [1.29, 1.82) is 0 Å². The van der Waals surface area contributed by atoms with Crippen molar-refractivity contribution < 1.29 is 9.47 Å².